The van der Waals surface area contributed by atoms with Crippen LogP contribution < -0.4 is 10.1 Å². The number of aryl methyl sites for hydroxylation is 1. The highest BCUT2D eigenvalue weighted by molar-refractivity contribution is 5.88. The first kappa shape index (κ1) is 25.7. The molecule has 2 aliphatic rings. The molecular formula is C29H36N2O5. The molecule has 2 aromatic rings. The van der Waals surface area contributed by atoms with Gasteiger partial charge in [0.1, 0.15) is 11.8 Å². The zero-order valence-electron chi connectivity index (χ0n) is 21.0. The molecule has 1 fully saturated rings. The van der Waals surface area contributed by atoms with Crippen molar-refractivity contribution < 1.29 is 24.2 Å². The molecule has 0 radical (unpaired) electrons. The second-order valence-corrected chi connectivity index (χ2v) is 9.84. The molecular weight excluding hydrogens is 456 g/mol. The quantitative estimate of drug-likeness (QED) is 0.627. The molecule has 4 rings (SSSR count). The molecule has 2 aliphatic heterocycles. The van der Waals surface area contributed by atoms with E-state index < -0.39 is 18.1 Å². The fraction of sp³-hybridized carbons (Fsp3) is 0.483. The number of benzene rings is 2. The minimum Gasteiger partial charge on any atom is -0.493 e. The average molecular weight is 493 g/mol. The van der Waals surface area contributed by atoms with Gasteiger partial charge in [-0.2, -0.15) is 0 Å². The van der Waals surface area contributed by atoms with Gasteiger partial charge in [-0.3, -0.25) is 14.4 Å². The SMILES string of the molecule is Cc1cccc2c1-c1cccc(c1)[C@H](CC(=O)O)NC(=O)[C@@H](N1CCCCC1=O)CCCCCCO2. The minimum atomic E-state index is -0.995. The number of ether oxygens (including phenoxy) is 1. The maximum atomic E-state index is 13.6. The molecule has 0 spiro atoms. The number of carbonyl (C=O) groups is 3. The van der Waals surface area contributed by atoms with Gasteiger partial charge in [0, 0.05) is 18.5 Å². The number of aliphatic carboxylic acids is 1. The lowest BCUT2D eigenvalue weighted by Gasteiger charge is -2.35. The van der Waals surface area contributed by atoms with Gasteiger partial charge in [0.25, 0.3) is 0 Å². The first-order valence-electron chi connectivity index (χ1n) is 13.1. The molecule has 7 heteroatoms. The van der Waals surface area contributed by atoms with E-state index in [9.17, 15) is 19.5 Å². The largest absolute Gasteiger partial charge is 0.493 e. The Morgan fingerprint density at radius 3 is 2.67 bits per heavy atom. The van der Waals surface area contributed by atoms with Gasteiger partial charge in [-0.05, 0) is 61.4 Å². The number of hydrogen-bond donors (Lipinski definition) is 2. The molecule has 1 saturated heterocycles. The second kappa shape index (κ2) is 12.1. The van der Waals surface area contributed by atoms with Crippen LogP contribution in [-0.2, 0) is 14.4 Å². The number of piperidine rings is 1. The van der Waals surface area contributed by atoms with E-state index in [0.29, 0.717) is 31.6 Å². The highest BCUT2D eigenvalue weighted by Crippen LogP contribution is 2.35. The Morgan fingerprint density at radius 2 is 1.86 bits per heavy atom. The molecule has 2 amide bonds. The summed E-state index contributed by atoms with van der Waals surface area (Å²) in [6.45, 7) is 3.20. The molecule has 192 valence electrons. The van der Waals surface area contributed by atoms with Gasteiger partial charge in [0.2, 0.25) is 11.8 Å². The second-order valence-electron chi connectivity index (χ2n) is 9.84. The summed E-state index contributed by atoms with van der Waals surface area (Å²) in [5.41, 5.74) is 3.67. The number of fused-ring (bicyclic) bond motifs is 4. The Kier molecular flexibility index (Phi) is 8.62. The maximum absolute atomic E-state index is 13.6. The third-order valence-corrected chi connectivity index (χ3v) is 7.18. The summed E-state index contributed by atoms with van der Waals surface area (Å²) in [6.07, 6.45) is 6.15. The number of carbonyl (C=O) groups excluding carboxylic acids is 2. The van der Waals surface area contributed by atoms with Crippen molar-refractivity contribution in [2.75, 3.05) is 13.2 Å². The molecule has 36 heavy (non-hydrogen) atoms. The lowest BCUT2D eigenvalue weighted by molar-refractivity contribution is -0.143. The predicted molar refractivity (Wildman–Crippen MR) is 138 cm³/mol. The van der Waals surface area contributed by atoms with Gasteiger partial charge >= 0.3 is 5.97 Å². The summed E-state index contributed by atoms with van der Waals surface area (Å²) in [6, 6.07) is 12.3. The summed E-state index contributed by atoms with van der Waals surface area (Å²) in [7, 11) is 0. The number of nitrogens with one attached hydrogen (secondary N) is 1. The van der Waals surface area contributed by atoms with E-state index >= 15 is 0 Å². The molecule has 0 aliphatic carbocycles. The van der Waals surface area contributed by atoms with Crippen molar-refractivity contribution in [3.8, 4) is 16.9 Å². The summed E-state index contributed by atoms with van der Waals surface area (Å²) < 4.78 is 6.19. The van der Waals surface area contributed by atoms with Gasteiger partial charge < -0.3 is 20.1 Å². The van der Waals surface area contributed by atoms with Crippen LogP contribution in [0.2, 0.25) is 0 Å². The first-order valence-corrected chi connectivity index (χ1v) is 13.1. The summed E-state index contributed by atoms with van der Waals surface area (Å²) >= 11 is 0. The van der Waals surface area contributed by atoms with Crippen LogP contribution >= 0.6 is 0 Å². The number of carboxylic acid groups (broad SMARTS) is 1. The lowest BCUT2D eigenvalue weighted by Crippen LogP contribution is -2.52. The summed E-state index contributed by atoms with van der Waals surface area (Å²) in [5, 5.41) is 12.6. The van der Waals surface area contributed by atoms with Crippen LogP contribution in [0, 0.1) is 6.92 Å². The number of rotatable bonds is 3. The van der Waals surface area contributed by atoms with Crippen LogP contribution in [0.1, 0.15) is 75.0 Å². The summed E-state index contributed by atoms with van der Waals surface area (Å²) in [5.74, 6) is -0.450. The monoisotopic (exact) mass is 492 g/mol. The molecule has 0 saturated carbocycles. The molecule has 2 atom stereocenters. The van der Waals surface area contributed by atoms with Gasteiger partial charge in [-0.25, -0.2) is 0 Å². The molecule has 2 bridgehead atoms. The normalized spacial score (nSPS) is 21.8. The van der Waals surface area contributed by atoms with Gasteiger partial charge in [0.15, 0.2) is 0 Å². The van der Waals surface area contributed by atoms with Crippen LogP contribution in [0.3, 0.4) is 0 Å². The van der Waals surface area contributed by atoms with E-state index in [1.54, 1.807) is 4.90 Å². The van der Waals surface area contributed by atoms with Crippen LogP contribution in [-0.4, -0.2) is 47.0 Å². The Hall–Kier alpha value is -3.35. The molecule has 2 N–H and O–H groups in total. The van der Waals surface area contributed by atoms with Gasteiger partial charge in [0.05, 0.1) is 19.1 Å². The smallest absolute Gasteiger partial charge is 0.305 e. The zero-order valence-corrected chi connectivity index (χ0v) is 21.0. The van der Waals surface area contributed by atoms with E-state index in [2.05, 4.69) is 5.32 Å². The van der Waals surface area contributed by atoms with Crippen molar-refractivity contribution in [2.24, 2.45) is 0 Å². The van der Waals surface area contributed by atoms with Crippen LogP contribution in [0.25, 0.3) is 11.1 Å². The Bertz CT molecular complexity index is 1100. The number of likely N-dealkylation sites (tertiary alicyclic amines) is 1. The number of hydrogen-bond acceptors (Lipinski definition) is 4. The van der Waals surface area contributed by atoms with Crippen molar-refractivity contribution in [1.29, 1.82) is 0 Å². The molecule has 0 unspecified atom stereocenters. The van der Waals surface area contributed by atoms with E-state index in [4.69, 9.17) is 4.74 Å². The third-order valence-electron chi connectivity index (χ3n) is 7.18. The van der Waals surface area contributed by atoms with Crippen LogP contribution in [0.15, 0.2) is 42.5 Å². The van der Waals surface area contributed by atoms with Gasteiger partial charge in [-0.15, -0.1) is 0 Å². The van der Waals surface area contributed by atoms with E-state index in [1.165, 1.54) is 0 Å². The van der Waals surface area contributed by atoms with Crippen molar-refractivity contribution in [2.45, 2.75) is 76.8 Å². The van der Waals surface area contributed by atoms with Gasteiger partial charge in [-0.1, -0.05) is 49.6 Å². The van der Waals surface area contributed by atoms with Crippen molar-refractivity contribution in [3.63, 3.8) is 0 Å². The van der Waals surface area contributed by atoms with Crippen LogP contribution in [0.4, 0.5) is 0 Å². The molecule has 0 aromatic heterocycles. The maximum Gasteiger partial charge on any atom is 0.305 e. The highest BCUT2D eigenvalue weighted by Gasteiger charge is 2.32. The van der Waals surface area contributed by atoms with Crippen molar-refractivity contribution in [1.82, 2.24) is 10.2 Å². The fourth-order valence-electron chi connectivity index (χ4n) is 5.30. The first-order chi connectivity index (χ1) is 17.4. The van der Waals surface area contributed by atoms with Crippen molar-refractivity contribution >= 4 is 17.8 Å². The lowest BCUT2D eigenvalue weighted by atomic mass is 9.94. The number of carboxylic acids is 1. The molecule has 7 nitrogen and oxygen atoms in total. The molecule has 2 heterocycles. The number of amides is 2. The Labute approximate surface area is 212 Å². The predicted octanol–water partition coefficient (Wildman–Crippen LogP) is 5.02. The topological polar surface area (TPSA) is 95.9 Å². The Morgan fingerprint density at radius 1 is 1.06 bits per heavy atom. The van der Waals surface area contributed by atoms with Crippen molar-refractivity contribution in [3.05, 3.63) is 53.6 Å². The standard InChI is InChI=1S/C29H36N2O5/c1-20-10-8-14-25-28(20)22-12-9-11-21(18-22)23(19-27(33)34)30-29(35)24(13-4-2-3-7-17-36-25)31-16-6-5-15-26(31)32/h8-12,14,18,23-24H,2-7,13,15-17,19H2,1H3,(H,30,35)(H,33,34)/t23-,24-/m0/s1. The van der Waals surface area contributed by atoms with Crippen LogP contribution in [0.5, 0.6) is 5.75 Å². The fourth-order valence-corrected chi connectivity index (χ4v) is 5.30. The molecule has 2 aromatic carbocycles. The number of nitrogens with zero attached hydrogens (tertiary/aromatic N) is 1. The third kappa shape index (κ3) is 6.25. The van der Waals surface area contributed by atoms with E-state index in [0.717, 1.165) is 61.0 Å². The Balaban J connectivity index is 1.71. The summed E-state index contributed by atoms with van der Waals surface area (Å²) in [4.78, 5) is 39.7. The highest BCUT2D eigenvalue weighted by atomic mass is 16.5. The minimum absolute atomic E-state index is 0.00747. The zero-order chi connectivity index (χ0) is 25.5. The van der Waals surface area contributed by atoms with E-state index in [1.807, 2.05) is 49.4 Å². The van der Waals surface area contributed by atoms with E-state index in [-0.39, 0.29) is 18.2 Å². The average Bonchev–Trinajstić information content (AvgIpc) is 2.85.